The van der Waals surface area contributed by atoms with Crippen molar-refractivity contribution in [3.63, 3.8) is 0 Å². The molecule has 2 N–H and O–H groups in total. The Kier molecular flexibility index (Phi) is 3.27. The van der Waals surface area contributed by atoms with E-state index in [1.807, 2.05) is 0 Å². The van der Waals surface area contributed by atoms with Crippen LogP contribution >= 0.6 is 11.3 Å². The van der Waals surface area contributed by atoms with E-state index in [-0.39, 0.29) is 15.6 Å². The zero-order valence-corrected chi connectivity index (χ0v) is 11.0. The highest BCUT2D eigenvalue weighted by atomic mass is 32.2. The maximum atomic E-state index is 13.4. The summed E-state index contributed by atoms with van der Waals surface area (Å²) in [6.45, 7) is 1.78. The fraction of sp³-hybridized carbons (Fsp3) is 0.0909. The molecule has 18 heavy (non-hydrogen) atoms. The summed E-state index contributed by atoms with van der Waals surface area (Å²) in [6, 6.07) is 6.36. The van der Waals surface area contributed by atoms with Crippen molar-refractivity contribution in [2.24, 2.45) is 0 Å². The van der Waals surface area contributed by atoms with Gasteiger partial charge in [0.25, 0.3) is 10.0 Å². The van der Waals surface area contributed by atoms with Crippen molar-refractivity contribution < 1.29 is 17.9 Å². The summed E-state index contributed by atoms with van der Waals surface area (Å²) in [5, 5.41) is 9.04. The minimum absolute atomic E-state index is 0.118. The number of nitrogens with one attached hydrogen (secondary N) is 1. The Labute approximate surface area is 108 Å². The van der Waals surface area contributed by atoms with Crippen LogP contribution in [0.2, 0.25) is 0 Å². The van der Waals surface area contributed by atoms with Gasteiger partial charge in [-0.2, -0.15) is 0 Å². The molecule has 0 aliphatic carbocycles. The summed E-state index contributed by atoms with van der Waals surface area (Å²) in [4.78, 5) is 0.849. The summed E-state index contributed by atoms with van der Waals surface area (Å²) in [6.07, 6.45) is 0. The lowest BCUT2D eigenvalue weighted by Crippen LogP contribution is -2.12. The second-order valence-electron chi connectivity index (χ2n) is 3.63. The van der Waals surface area contributed by atoms with Crippen LogP contribution in [0.15, 0.2) is 34.5 Å². The van der Waals surface area contributed by atoms with Gasteiger partial charge in [0.15, 0.2) is 5.82 Å². The number of benzene rings is 1. The number of thiophene rings is 1. The Morgan fingerprint density at radius 1 is 1.28 bits per heavy atom. The monoisotopic (exact) mass is 287 g/mol. The molecule has 96 valence electrons. The molecule has 0 aliphatic heterocycles. The lowest BCUT2D eigenvalue weighted by Gasteiger charge is -2.07. The molecule has 0 amide bonds. The Bertz CT molecular complexity index is 679. The van der Waals surface area contributed by atoms with Crippen LogP contribution < -0.4 is 4.72 Å². The molecule has 0 saturated carbocycles. The van der Waals surface area contributed by atoms with Crippen LogP contribution in [0.3, 0.4) is 0 Å². The maximum absolute atomic E-state index is 13.4. The first kappa shape index (κ1) is 12.8. The van der Waals surface area contributed by atoms with Gasteiger partial charge in [0.05, 0.1) is 5.69 Å². The standard InChI is InChI=1S/C11H10FNO3S2/c1-7-2-5-11(17-7)18(15,16)13-10-4-3-8(14)6-9(10)12/h2-6,13-14H,1H3. The van der Waals surface area contributed by atoms with Crippen molar-refractivity contribution in [1.82, 2.24) is 0 Å². The number of hydrogen-bond donors (Lipinski definition) is 2. The number of hydrogen-bond acceptors (Lipinski definition) is 4. The first-order valence-electron chi connectivity index (χ1n) is 4.96. The van der Waals surface area contributed by atoms with E-state index < -0.39 is 15.8 Å². The molecule has 1 aromatic carbocycles. The summed E-state index contributed by atoms with van der Waals surface area (Å²) in [5.41, 5.74) is -0.196. The fourth-order valence-corrected chi connectivity index (χ4v) is 3.69. The number of aryl methyl sites for hydroxylation is 1. The van der Waals surface area contributed by atoms with Gasteiger partial charge in [0.2, 0.25) is 0 Å². The third-order valence-electron chi connectivity index (χ3n) is 2.18. The molecule has 1 aromatic heterocycles. The van der Waals surface area contributed by atoms with Crippen LogP contribution in [-0.2, 0) is 10.0 Å². The van der Waals surface area contributed by atoms with Gasteiger partial charge in [0, 0.05) is 10.9 Å². The Morgan fingerprint density at radius 2 is 2.00 bits per heavy atom. The molecule has 7 heteroatoms. The topological polar surface area (TPSA) is 66.4 Å². The second kappa shape index (κ2) is 4.58. The number of aromatic hydroxyl groups is 1. The van der Waals surface area contributed by atoms with Crippen LogP contribution in [0.25, 0.3) is 0 Å². The normalized spacial score (nSPS) is 11.4. The van der Waals surface area contributed by atoms with E-state index >= 15 is 0 Å². The molecule has 0 spiro atoms. The smallest absolute Gasteiger partial charge is 0.271 e. The molecule has 0 unspecified atom stereocenters. The van der Waals surface area contributed by atoms with Gasteiger partial charge in [0.1, 0.15) is 9.96 Å². The highest BCUT2D eigenvalue weighted by Gasteiger charge is 2.18. The minimum Gasteiger partial charge on any atom is -0.508 e. The zero-order valence-electron chi connectivity index (χ0n) is 9.34. The van der Waals surface area contributed by atoms with E-state index in [1.54, 1.807) is 13.0 Å². The first-order valence-corrected chi connectivity index (χ1v) is 7.26. The first-order chi connectivity index (χ1) is 8.38. The number of phenolic OH excluding ortho intramolecular Hbond substituents is 1. The molecule has 0 saturated heterocycles. The van der Waals surface area contributed by atoms with Crippen LogP contribution in [0, 0.1) is 12.7 Å². The lowest BCUT2D eigenvalue weighted by molar-refractivity contribution is 0.469. The summed E-state index contributed by atoms with van der Waals surface area (Å²) >= 11 is 1.10. The Hall–Kier alpha value is -1.60. The van der Waals surface area contributed by atoms with Crippen LogP contribution in [-0.4, -0.2) is 13.5 Å². The third kappa shape index (κ3) is 2.62. The highest BCUT2D eigenvalue weighted by Crippen LogP contribution is 2.26. The van der Waals surface area contributed by atoms with E-state index in [9.17, 15) is 12.8 Å². The van der Waals surface area contributed by atoms with Crippen LogP contribution in [0.5, 0.6) is 5.75 Å². The largest absolute Gasteiger partial charge is 0.508 e. The number of anilines is 1. The Morgan fingerprint density at radius 3 is 2.56 bits per heavy atom. The minimum atomic E-state index is -3.78. The number of phenols is 1. The molecule has 0 atom stereocenters. The van der Waals surface area contributed by atoms with Gasteiger partial charge in [-0.3, -0.25) is 4.72 Å². The number of rotatable bonds is 3. The van der Waals surface area contributed by atoms with Gasteiger partial charge in [-0.15, -0.1) is 11.3 Å². The number of halogens is 1. The molecule has 0 radical (unpaired) electrons. The maximum Gasteiger partial charge on any atom is 0.271 e. The second-order valence-corrected chi connectivity index (χ2v) is 6.83. The molecular weight excluding hydrogens is 277 g/mol. The van der Waals surface area contributed by atoms with E-state index in [2.05, 4.69) is 4.72 Å². The fourth-order valence-electron chi connectivity index (χ4n) is 1.34. The predicted octanol–water partition coefficient (Wildman–Crippen LogP) is 2.70. The molecule has 0 bridgehead atoms. The van der Waals surface area contributed by atoms with Crippen molar-refractivity contribution >= 4 is 27.0 Å². The quantitative estimate of drug-likeness (QED) is 0.853. The molecular formula is C11H10FNO3S2. The third-order valence-corrected chi connectivity index (χ3v) is 5.04. The molecule has 0 fully saturated rings. The van der Waals surface area contributed by atoms with Gasteiger partial charge in [-0.05, 0) is 31.2 Å². The van der Waals surface area contributed by atoms with E-state index in [0.717, 1.165) is 22.3 Å². The molecule has 2 aromatic rings. The van der Waals surface area contributed by atoms with E-state index in [0.29, 0.717) is 0 Å². The lowest BCUT2D eigenvalue weighted by atomic mass is 10.3. The Balaban J connectivity index is 2.33. The average Bonchev–Trinajstić information content (AvgIpc) is 2.70. The summed E-state index contributed by atoms with van der Waals surface area (Å²) in [7, 11) is -3.78. The zero-order chi connectivity index (χ0) is 13.3. The predicted molar refractivity (Wildman–Crippen MR) is 67.9 cm³/mol. The molecule has 0 aliphatic rings. The van der Waals surface area contributed by atoms with Crippen molar-refractivity contribution in [3.8, 4) is 5.75 Å². The van der Waals surface area contributed by atoms with Crippen LogP contribution in [0.1, 0.15) is 4.88 Å². The van der Waals surface area contributed by atoms with E-state index in [4.69, 9.17) is 5.11 Å². The van der Waals surface area contributed by atoms with Crippen LogP contribution in [0.4, 0.5) is 10.1 Å². The van der Waals surface area contributed by atoms with Gasteiger partial charge < -0.3 is 5.11 Å². The van der Waals surface area contributed by atoms with Gasteiger partial charge >= 0.3 is 0 Å². The SMILES string of the molecule is Cc1ccc(S(=O)(=O)Nc2ccc(O)cc2F)s1. The number of sulfonamides is 1. The molecule has 4 nitrogen and oxygen atoms in total. The molecule has 2 rings (SSSR count). The van der Waals surface area contributed by atoms with Crippen molar-refractivity contribution in [2.75, 3.05) is 4.72 Å². The summed E-state index contributed by atoms with van der Waals surface area (Å²) in [5.74, 6) is -1.09. The van der Waals surface area contributed by atoms with Crippen molar-refractivity contribution in [2.45, 2.75) is 11.1 Å². The highest BCUT2D eigenvalue weighted by molar-refractivity contribution is 7.94. The van der Waals surface area contributed by atoms with Crippen molar-refractivity contribution in [3.05, 3.63) is 41.0 Å². The average molecular weight is 287 g/mol. The summed E-state index contributed by atoms with van der Waals surface area (Å²) < 4.78 is 39.5. The van der Waals surface area contributed by atoms with Gasteiger partial charge in [-0.1, -0.05) is 0 Å². The van der Waals surface area contributed by atoms with Gasteiger partial charge in [-0.25, -0.2) is 12.8 Å². The molecule has 1 heterocycles. The van der Waals surface area contributed by atoms with Crippen molar-refractivity contribution in [1.29, 1.82) is 0 Å². The van der Waals surface area contributed by atoms with E-state index in [1.165, 1.54) is 18.2 Å².